The summed E-state index contributed by atoms with van der Waals surface area (Å²) in [6.45, 7) is 0.371. The Hall–Kier alpha value is -2.25. The van der Waals surface area contributed by atoms with Crippen molar-refractivity contribution in [1.82, 2.24) is 15.2 Å². The molecule has 1 aromatic heterocycles. The fraction of sp³-hybridized carbons (Fsp3) is 0.520. The minimum atomic E-state index is -0.655. The van der Waals surface area contributed by atoms with Crippen molar-refractivity contribution in [2.24, 2.45) is 11.8 Å². The Morgan fingerprint density at radius 1 is 1.12 bits per heavy atom. The van der Waals surface area contributed by atoms with Crippen LogP contribution >= 0.6 is 22.9 Å². The zero-order valence-electron chi connectivity index (χ0n) is 18.4. The van der Waals surface area contributed by atoms with Crippen LogP contribution in [0.1, 0.15) is 54.7 Å². The highest BCUT2D eigenvalue weighted by atomic mass is 35.5. The number of benzene rings is 1. The number of nitrogens with zero attached hydrogens (tertiary/aromatic N) is 2. The summed E-state index contributed by atoms with van der Waals surface area (Å²) >= 11 is 7.85. The topological polar surface area (TPSA) is 79.4 Å². The van der Waals surface area contributed by atoms with Crippen molar-refractivity contribution in [1.29, 1.82) is 0 Å². The summed E-state index contributed by atoms with van der Waals surface area (Å²) in [5.41, 5.74) is 1.00. The molecule has 33 heavy (non-hydrogen) atoms. The van der Waals surface area contributed by atoms with Crippen LogP contribution in [-0.2, 0) is 9.59 Å². The molecule has 3 aliphatic rings. The average molecular weight is 486 g/mol. The number of hydrogen-bond acceptors (Lipinski definition) is 5. The maximum absolute atomic E-state index is 13.8. The van der Waals surface area contributed by atoms with Gasteiger partial charge in [-0.1, -0.05) is 49.6 Å². The molecule has 174 valence electrons. The highest BCUT2D eigenvalue weighted by Gasteiger charge is 2.52. The number of thiazole rings is 1. The first-order valence-electron chi connectivity index (χ1n) is 11.8. The number of likely N-dealkylation sites (tertiary alicyclic amines) is 1. The minimum absolute atomic E-state index is 0.0261. The normalized spacial score (nSPS) is 26.3. The van der Waals surface area contributed by atoms with Crippen LogP contribution in [0.3, 0.4) is 0 Å². The number of carbonyl (C=O) groups is 3. The number of rotatable bonds is 5. The molecule has 8 heteroatoms. The van der Waals surface area contributed by atoms with Crippen molar-refractivity contribution in [3.05, 3.63) is 41.5 Å². The van der Waals surface area contributed by atoms with Crippen molar-refractivity contribution in [2.45, 2.75) is 62.4 Å². The van der Waals surface area contributed by atoms with Crippen molar-refractivity contribution in [2.75, 3.05) is 6.54 Å². The number of nitrogens with one attached hydrogen (secondary N) is 1. The molecule has 1 aromatic carbocycles. The van der Waals surface area contributed by atoms with E-state index >= 15 is 0 Å². The van der Waals surface area contributed by atoms with Crippen LogP contribution < -0.4 is 5.32 Å². The highest BCUT2D eigenvalue weighted by molar-refractivity contribution is 7.17. The number of carbonyl (C=O) groups excluding carboxylic acids is 3. The predicted molar refractivity (Wildman–Crippen MR) is 128 cm³/mol. The highest BCUT2D eigenvalue weighted by Crippen LogP contribution is 2.40. The minimum Gasteiger partial charge on any atom is -0.338 e. The van der Waals surface area contributed by atoms with Crippen LogP contribution in [0, 0.1) is 11.8 Å². The Labute approximate surface area is 202 Å². The number of halogens is 1. The van der Waals surface area contributed by atoms with E-state index in [0.717, 1.165) is 49.0 Å². The molecule has 5 rings (SSSR count). The van der Waals surface area contributed by atoms with Crippen molar-refractivity contribution < 1.29 is 14.4 Å². The smallest absolute Gasteiger partial charge is 0.280 e. The second kappa shape index (κ2) is 9.55. The fourth-order valence-electron chi connectivity index (χ4n) is 5.65. The molecule has 0 bridgehead atoms. The fourth-order valence-corrected chi connectivity index (χ4v) is 6.88. The third-order valence-electron chi connectivity index (χ3n) is 7.35. The molecule has 0 unspecified atom stereocenters. The number of amides is 2. The van der Waals surface area contributed by atoms with Gasteiger partial charge in [0.25, 0.3) is 5.91 Å². The first-order valence-corrected chi connectivity index (χ1v) is 13.1. The van der Waals surface area contributed by atoms with E-state index in [4.69, 9.17) is 11.6 Å². The van der Waals surface area contributed by atoms with Crippen LogP contribution in [0.15, 0.2) is 36.5 Å². The Bertz CT molecular complexity index is 1040. The summed E-state index contributed by atoms with van der Waals surface area (Å²) in [6.07, 6.45) is 7.94. The van der Waals surface area contributed by atoms with Crippen LogP contribution in [0.2, 0.25) is 0 Å². The molecule has 2 heterocycles. The van der Waals surface area contributed by atoms with Gasteiger partial charge in [-0.2, -0.15) is 0 Å². The predicted octanol–water partition coefficient (Wildman–Crippen LogP) is 4.29. The molecule has 2 aliphatic carbocycles. The number of fused-ring (bicyclic) bond motifs is 1. The molecular formula is C25H28ClN3O3S. The van der Waals surface area contributed by atoms with Gasteiger partial charge in [-0.25, -0.2) is 4.98 Å². The lowest BCUT2D eigenvalue weighted by Crippen LogP contribution is -2.55. The van der Waals surface area contributed by atoms with Crippen LogP contribution in [0.25, 0.3) is 10.4 Å². The average Bonchev–Trinajstić information content (AvgIpc) is 3.56. The zero-order valence-corrected chi connectivity index (χ0v) is 20.0. The molecule has 1 saturated heterocycles. The van der Waals surface area contributed by atoms with Gasteiger partial charge in [0.15, 0.2) is 10.8 Å². The Balaban J connectivity index is 1.37. The number of aromatic nitrogens is 1. The van der Waals surface area contributed by atoms with Crippen LogP contribution in [0.5, 0.6) is 0 Å². The van der Waals surface area contributed by atoms with E-state index in [2.05, 4.69) is 10.3 Å². The molecule has 2 amide bonds. The monoisotopic (exact) mass is 485 g/mol. The van der Waals surface area contributed by atoms with E-state index in [1.807, 2.05) is 30.3 Å². The molecule has 1 aliphatic heterocycles. The molecule has 2 aromatic rings. The quantitative estimate of drug-likeness (QED) is 0.641. The van der Waals surface area contributed by atoms with Gasteiger partial charge >= 0.3 is 0 Å². The SMILES string of the molecule is O=C(N[C@H](C(=O)N1C[C@H](Cl)[C@H]2CCC(=O)[C@H]21)C1CCCCC1)c1ncc(-c2ccccc2)s1. The second-order valence-electron chi connectivity index (χ2n) is 9.37. The van der Waals surface area contributed by atoms with Gasteiger partial charge in [-0.15, -0.1) is 22.9 Å². The van der Waals surface area contributed by atoms with Gasteiger partial charge in [0.05, 0.1) is 16.3 Å². The van der Waals surface area contributed by atoms with E-state index in [1.54, 1.807) is 11.1 Å². The molecule has 6 nitrogen and oxygen atoms in total. The van der Waals surface area contributed by atoms with Gasteiger partial charge in [0, 0.05) is 25.1 Å². The van der Waals surface area contributed by atoms with Crippen molar-refractivity contribution in [3.63, 3.8) is 0 Å². The number of hydrogen-bond donors (Lipinski definition) is 1. The van der Waals surface area contributed by atoms with Gasteiger partial charge in [0.1, 0.15) is 6.04 Å². The molecule has 0 radical (unpaired) electrons. The summed E-state index contributed by atoms with van der Waals surface area (Å²) in [4.78, 5) is 46.4. The third kappa shape index (κ3) is 4.45. The summed E-state index contributed by atoms with van der Waals surface area (Å²) in [5.74, 6) is -0.311. The Morgan fingerprint density at radius 3 is 2.64 bits per heavy atom. The summed E-state index contributed by atoms with van der Waals surface area (Å²) in [5, 5.41) is 3.15. The lowest BCUT2D eigenvalue weighted by atomic mass is 9.83. The van der Waals surface area contributed by atoms with Gasteiger partial charge in [-0.3, -0.25) is 14.4 Å². The van der Waals surface area contributed by atoms with E-state index < -0.39 is 12.1 Å². The molecule has 2 saturated carbocycles. The van der Waals surface area contributed by atoms with Crippen LogP contribution in [-0.4, -0.2) is 51.5 Å². The lowest BCUT2D eigenvalue weighted by molar-refractivity contribution is -0.140. The molecule has 0 spiro atoms. The summed E-state index contributed by atoms with van der Waals surface area (Å²) in [6, 6.07) is 8.71. The third-order valence-corrected chi connectivity index (χ3v) is 8.85. The summed E-state index contributed by atoms with van der Waals surface area (Å²) < 4.78 is 0. The van der Waals surface area contributed by atoms with Crippen LogP contribution in [0.4, 0.5) is 0 Å². The molecule has 4 atom stereocenters. The number of ketones is 1. The van der Waals surface area contributed by atoms with Gasteiger partial charge in [-0.05, 0) is 30.7 Å². The Morgan fingerprint density at radius 2 is 1.88 bits per heavy atom. The molecular weight excluding hydrogens is 458 g/mol. The maximum atomic E-state index is 13.8. The summed E-state index contributed by atoms with van der Waals surface area (Å²) in [7, 11) is 0. The first-order chi connectivity index (χ1) is 16.0. The van der Waals surface area contributed by atoms with E-state index in [9.17, 15) is 14.4 Å². The largest absolute Gasteiger partial charge is 0.338 e. The standard InChI is InChI=1S/C25H28ClN3O3S/c26-18-14-29(22-17(18)11-12-19(22)30)25(32)21(16-9-5-2-6-10-16)28-23(31)24-27-13-20(33-24)15-7-3-1-4-8-15/h1,3-4,7-8,13,16-18,21-22H,2,5-6,9-12,14H2,(H,28,31)/t17-,18+,21+,22+/m1/s1. The van der Waals surface area contributed by atoms with Gasteiger partial charge < -0.3 is 10.2 Å². The second-order valence-corrected chi connectivity index (χ2v) is 11.0. The van der Waals surface area contributed by atoms with Crippen molar-refractivity contribution >= 4 is 40.5 Å². The maximum Gasteiger partial charge on any atom is 0.280 e. The molecule has 3 fully saturated rings. The first kappa shape index (κ1) is 22.5. The molecule has 1 N–H and O–H groups in total. The Kier molecular flexibility index (Phi) is 6.52. The van der Waals surface area contributed by atoms with E-state index in [1.165, 1.54) is 11.3 Å². The lowest BCUT2D eigenvalue weighted by Gasteiger charge is -2.34. The van der Waals surface area contributed by atoms with Crippen molar-refractivity contribution in [3.8, 4) is 10.4 Å². The number of alkyl halides is 1. The van der Waals surface area contributed by atoms with E-state index in [-0.39, 0.29) is 34.8 Å². The van der Waals surface area contributed by atoms with Gasteiger partial charge in [0.2, 0.25) is 5.91 Å². The number of Topliss-reactive ketones (excluding diaryl/α,β-unsaturated/α-hetero) is 1. The van der Waals surface area contributed by atoms with E-state index in [0.29, 0.717) is 18.0 Å². The zero-order chi connectivity index (χ0) is 22.9.